The van der Waals surface area contributed by atoms with E-state index in [2.05, 4.69) is 5.32 Å². The number of benzene rings is 2. The Morgan fingerprint density at radius 2 is 1.77 bits per heavy atom. The number of rotatable bonds is 4. The van der Waals surface area contributed by atoms with Crippen LogP contribution in [0, 0.1) is 6.92 Å². The lowest BCUT2D eigenvalue weighted by molar-refractivity contribution is -0.122. The highest BCUT2D eigenvalue weighted by Crippen LogP contribution is 2.34. The Kier molecular flexibility index (Phi) is 5.57. The molecule has 0 saturated carbocycles. The maximum atomic E-state index is 12.2. The van der Waals surface area contributed by atoms with E-state index in [-0.39, 0.29) is 5.91 Å². The monoisotopic (exact) mass is 357 g/mol. The average Bonchev–Trinajstić information content (AvgIpc) is 2.44. The number of ether oxygens (including phenoxy) is 1. The van der Waals surface area contributed by atoms with Crippen molar-refractivity contribution in [2.24, 2.45) is 0 Å². The molecule has 0 fully saturated rings. The van der Waals surface area contributed by atoms with Crippen LogP contribution in [0.5, 0.6) is 5.75 Å². The van der Waals surface area contributed by atoms with Gasteiger partial charge in [0, 0.05) is 11.8 Å². The van der Waals surface area contributed by atoms with Gasteiger partial charge in [-0.3, -0.25) is 4.79 Å². The third-order valence-corrected chi connectivity index (χ3v) is 3.95. The number of aryl methyl sites for hydroxylation is 1. The van der Waals surface area contributed by atoms with Crippen LogP contribution in [0.2, 0.25) is 15.1 Å². The maximum absolute atomic E-state index is 12.2. The van der Waals surface area contributed by atoms with Gasteiger partial charge in [-0.2, -0.15) is 0 Å². The summed E-state index contributed by atoms with van der Waals surface area (Å²) in [6, 6.07) is 10.5. The van der Waals surface area contributed by atoms with E-state index in [9.17, 15) is 4.79 Å². The summed E-state index contributed by atoms with van der Waals surface area (Å²) in [5.74, 6) is 0.0238. The van der Waals surface area contributed by atoms with Gasteiger partial charge in [-0.15, -0.1) is 0 Å². The Hall–Kier alpha value is -1.42. The molecule has 116 valence electrons. The summed E-state index contributed by atoms with van der Waals surface area (Å²) in [6.45, 7) is 3.58. The number of amides is 1. The molecule has 1 amide bonds. The molecule has 0 aromatic heterocycles. The van der Waals surface area contributed by atoms with Gasteiger partial charge in [0.05, 0.1) is 15.1 Å². The lowest BCUT2D eigenvalue weighted by Gasteiger charge is -2.16. The SMILES string of the molecule is Cc1cccc(NC(=O)C(C)Oc2cc(Cl)c(Cl)cc2Cl)c1. The number of hydrogen-bond donors (Lipinski definition) is 1. The molecule has 0 aliphatic heterocycles. The second-order valence-corrected chi connectivity index (χ2v) is 6.04. The van der Waals surface area contributed by atoms with E-state index in [1.807, 2.05) is 31.2 Å². The van der Waals surface area contributed by atoms with Crippen LogP contribution in [0.4, 0.5) is 5.69 Å². The van der Waals surface area contributed by atoms with Crippen LogP contribution in [0.25, 0.3) is 0 Å². The van der Waals surface area contributed by atoms with Crippen molar-refractivity contribution in [2.75, 3.05) is 5.32 Å². The molecule has 1 N–H and O–H groups in total. The quantitative estimate of drug-likeness (QED) is 0.747. The molecule has 2 aromatic carbocycles. The highest BCUT2D eigenvalue weighted by Gasteiger charge is 2.17. The fraction of sp³-hybridized carbons (Fsp3) is 0.188. The molecular formula is C16H14Cl3NO2. The van der Waals surface area contributed by atoms with Crippen molar-refractivity contribution in [3.63, 3.8) is 0 Å². The first kappa shape index (κ1) is 16.9. The normalized spacial score (nSPS) is 11.9. The molecule has 1 unspecified atom stereocenters. The lowest BCUT2D eigenvalue weighted by Crippen LogP contribution is -2.30. The highest BCUT2D eigenvalue weighted by atomic mass is 35.5. The number of carbonyl (C=O) groups excluding carboxylic acids is 1. The van der Waals surface area contributed by atoms with Gasteiger partial charge in [0.15, 0.2) is 6.10 Å². The van der Waals surface area contributed by atoms with Gasteiger partial charge in [0.25, 0.3) is 5.91 Å². The van der Waals surface area contributed by atoms with Crippen LogP contribution in [-0.4, -0.2) is 12.0 Å². The number of carbonyl (C=O) groups is 1. The van der Waals surface area contributed by atoms with Crippen molar-refractivity contribution in [1.82, 2.24) is 0 Å². The molecule has 0 bridgehead atoms. The van der Waals surface area contributed by atoms with Crippen molar-refractivity contribution in [3.05, 3.63) is 57.0 Å². The van der Waals surface area contributed by atoms with Crippen molar-refractivity contribution in [1.29, 1.82) is 0 Å². The van der Waals surface area contributed by atoms with Gasteiger partial charge >= 0.3 is 0 Å². The number of anilines is 1. The topological polar surface area (TPSA) is 38.3 Å². The summed E-state index contributed by atoms with van der Waals surface area (Å²) < 4.78 is 5.56. The number of nitrogens with one attached hydrogen (secondary N) is 1. The van der Waals surface area contributed by atoms with Crippen LogP contribution in [0.15, 0.2) is 36.4 Å². The van der Waals surface area contributed by atoms with Gasteiger partial charge in [0.2, 0.25) is 0 Å². The van der Waals surface area contributed by atoms with Gasteiger partial charge in [0.1, 0.15) is 5.75 Å². The summed E-state index contributed by atoms with van der Waals surface area (Å²) in [7, 11) is 0. The molecule has 0 aliphatic rings. The number of halogens is 3. The fourth-order valence-electron chi connectivity index (χ4n) is 1.81. The summed E-state index contributed by atoms with van der Waals surface area (Å²) >= 11 is 17.8. The fourth-order valence-corrected chi connectivity index (χ4v) is 2.39. The zero-order valence-electron chi connectivity index (χ0n) is 12.0. The van der Waals surface area contributed by atoms with Crippen molar-refractivity contribution < 1.29 is 9.53 Å². The standard InChI is InChI=1S/C16H14Cl3NO2/c1-9-4-3-5-11(6-9)20-16(21)10(2)22-15-8-13(18)12(17)7-14(15)19/h3-8,10H,1-2H3,(H,20,21). The molecule has 3 nitrogen and oxygen atoms in total. The zero-order chi connectivity index (χ0) is 16.3. The predicted octanol–water partition coefficient (Wildman–Crippen LogP) is 5.36. The third kappa shape index (κ3) is 4.29. The Labute approximate surface area is 144 Å². The van der Waals surface area contributed by atoms with Crippen LogP contribution >= 0.6 is 34.8 Å². The average molecular weight is 359 g/mol. The molecule has 1 atom stereocenters. The van der Waals surface area contributed by atoms with E-state index in [0.717, 1.165) is 5.56 Å². The van der Waals surface area contributed by atoms with Crippen LogP contribution in [-0.2, 0) is 4.79 Å². The Morgan fingerprint density at radius 1 is 1.09 bits per heavy atom. The highest BCUT2D eigenvalue weighted by molar-refractivity contribution is 6.43. The van der Waals surface area contributed by atoms with Gasteiger partial charge in [-0.1, -0.05) is 46.9 Å². The van der Waals surface area contributed by atoms with E-state index in [1.54, 1.807) is 6.92 Å². The molecular weight excluding hydrogens is 345 g/mol. The van der Waals surface area contributed by atoms with Gasteiger partial charge in [-0.25, -0.2) is 0 Å². The zero-order valence-corrected chi connectivity index (χ0v) is 14.3. The Morgan fingerprint density at radius 3 is 2.45 bits per heavy atom. The first-order valence-corrected chi connectivity index (χ1v) is 7.69. The molecule has 0 heterocycles. The molecule has 0 saturated heterocycles. The first-order valence-electron chi connectivity index (χ1n) is 6.55. The van der Waals surface area contributed by atoms with E-state index >= 15 is 0 Å². The number of hydrogen-bond acceptors (Lipinski definition) is 2. The molecule has 0 radical (unpaired) electrons. The molecule has 22 heavy (non-hydrogen) atoms. The van der Waals surface area contributed by atoms with E-state index in [4.69, 9.17) is 39.5 Å². The summed E-state index contributed by atoms with van der Waals surface area (Å²) in [6.07, 6.45) is -0.741. The van der Waals surface area contributed by atoms with Crippen LogP contribution in [0.3, 0.4) is 0 Å². The molecule has 2 aromatic rings. The first-order chi connectivity index (χ1) is 10.4. The summed E-state index contributed by atoms with van der Waals surface area (Å²) in [4.78, 5) is 12.2. The minimum Gasteiger partial charge on any atom is -0.479 e. The van der Waals surface area contributed by atoms with E-state index in [0.29, 0.717) is 26.5 Å². The Balaban J connectivity index is 2.07. The van der Waals surface area contributed by atoms with Gasteiger partial charge < -0.3 is 10.1 Å². The maximum Gasteiger partial charge on any atom is 0.265 e. The minimum atomic E-state index is -0.741. The summed E-state index contributed by atoms with van der Waals surface area (Å²) in [5, 5.41) is 3.72. The van der Waals surface area contributed by atoms with Crippen LogP contribution in [0.1, 0.15) is 12.5 Å². The second kappa shape index (κ2) is 7.23. The minimum absolute atomic E-state index is 0.285. The molecule has 0 spiro atoms. The third-order valence-electron chi connectivity index (χ3n) is 2.93. The van der Waals surface area contributed by atoms with Crippen LogP contribution < -0.4 is 10.1 Å². The molecule has 2 rings (SSSR count). The second-order valence-electron chi connectivity index (χ2n) is 4.82. The van der Waals surface area contributed by atoms with E-state index in [1.165, 1.54) is 12.1 Å². The van der Waals surface area contributed by atoms with E-state index < -0.39 is 6.10 Å². The Bertz CT molecular complexity index is 704. The van der Waals surface area contributed by atoms with Crippen molar-refractivity contribution in [2.45, 2.75) is 20.0 Å². The molecule has 6 heteroatoms. The summed E-state index contributed by atoms with van der Waals surface area (Å²) in [5.41, 5.74) is 1.76. The molecule has 0 aliphatic carbocycles. The predicted molar refractivity (Wildman–Crippen MR) is 91.4 cm³/mol. The van der Waals surface area contributed by atoms with Crippen molar-refractivity contribution in [3.8, 4) is 5.75 Å². The van der Waals surface area contributed by atoms with Gasteiger partial charge in [-0.05, 0) is 37.6 Å². The lowest BCUT2D eigenvalue weighted by atomic mass is 10.2. The smallest absolute Gasteiger partial charge is 0.265 e. The largest absolute Gasteiger partial charge is 0.479 e. The van der Waals surface area contributed by atoms with Crippen molar-refractivity contribution >= 4 is 46.4 Å².